The second-order valence-corrected chi connectivity index (χ2v) is 4.63. The lowest BCUT2D eigenvalue weighted by Gasteiger charge is -2.24. The van der Waals surface area contributed by atoms with Gasteiger partial charge in [-0.3, -0.25) is 10.1 Å². The standard InChI is InChI=1S/C13H18N2O3/c14-9-10-8-11(15(16)17)6-7-13(10)18-12-4-2-1-3-5-12/h6-8,12H,1-5,9,14H2. The third-order valence-electron chi connectivity index (χ3n) is 3.32. The van der Waals surface area contributed by atoms with Gasteiger partial charge in [0.15, 0.2) is 0 Å². The van der Waals surface area contributed by atoms with Crippen LogP contribution in [0.5, 0.6) is 5.75 Å². The number of hydrogen-bond acceptors (Lipinski definition) is 4. The van der Waals surface area contributed by atoms with Crippen LogP contribution in [0.2, 0.25) is 0 Å². The zero-order valence-electron chi connectivity index (χ0n) is 10.3. The average molecular weight is 250 g/mol. The molecule has 5 nitrogen and oxygen atoms in total. The van der Waals surface area contributed by atoms with Crippen LogP contribution in [0.15, 0.2) is 18.2 Å². The van der Waals surface area contributed by atoms with E-state index >= 15 is 0 Å². The largest absolute Gasteiger partial charge is 0.490 e. The molecule has 18 heavy (non-hydrogen) atoms. The summed E-state index contributed by atoms with van der Waals surface area (Å²) in [4.78, 5) is 10.3. The highest BCUT2D eigenvalue weighted by Crippen LogP contribution is 2.28. The molecule has 0 heterocycles. The normalized spacial score (nSPS) is 16.5. The lowest BCUT2D eigenvalue weighted by atomic mass is 9.97. The molecular formula is C13H18N2O3. The van der Waals surface area contributed by atoms with Gasteiger partial charge in [-0.15, -0.1) is 0 Å². The van der Waals surface area contributed by atoms with Crippen LogP contribution in [0.4, 0.5) is 5.69 Å². The van der Waals surface area contributed by atoms with Crippen LogP contribution in [0.25, 0.3) is 0 Å². The second-order valence-electron chi connectivity index (χ2n) is 4.63. The van der Waals surface area contributed by atoms with Gasteiger partial charge in [-0.1, -0.05) is 6.42 Å². The first kappa shape index (κ1) is 12.8. The van der Waals surface area contributed by atoms with Gasteiger partial charge in [-0.25, -0.2) is 0 Å². The van der Waals surface area contributed by atoms with Gasteiger partial charge in [0.2, 0.25) is 0 Å². The lowest BCUT2D eigenvalue weighted by molar-refractivity contribution is -0.384. The van der Waals surface area contributed by atoms with Crippen molar-refractivity contribution in [1.29, 1.82) is 0 Å². The van der Waals surface area contributed by atoms with Crippen LogP contribution in [-0.4, -0.2) is 11.0 Å². The van der Waals surface area contributed by atoms with Crippen LogP contribution in [0, 0.1) is 10.1 Å². The number of nitrogens with two attached hydrogens (primary N) is 1. The fourth-order valence-electron chi connectivity index (χ4n) is 2.32. The topological polar surface area (TPSA) is 78.4 Å². The lowest BCUT2D eigenvalue weighted by Crippen LogP contribution is -2.20. The van der Waals surface area contributed by atoms with Gasteiger partial charge in [0.05, 0.1) is 11.0 Å². The minimum atomic E-state index is -0.413. The van der Waals surface area contributed by atoms with E-state index in [9.17, 15) is 10.1 Å². The van der Waals surface area contributed by atoms with E-state index in [-0.39, 0.29) is 18.3 Å². The molecule has 1 aromatic carbocycles. The summed E-state index contributed by atoms with van der Waals surface area (Å²) < 4.78 is 5.91. The Kier molecular flexibility index (Phi) is 4.15. The molecule has 0 saturated heterocycles. The Morgan fingerprint density at radius 1 is 1.33 bits per heavy atom. The summed E-state index contributed by atoms with van der Waals surface area (Å²) in [7, 11) is 0. The van der Waals surface area contributed by atoms with Crippen molar-refractivity contribution in [3.63, 3.8) is 0 Å². The third-order valence-corrected chi connectivity index (χ3v) is 3.32. The van der Waals surface area contributed by atoms with Gasteiger partial charge in [0, 0.05) is 24.2 Å². The minimum Gasteiger partial charge on any atom is -0.490 e. The first-order valence-electron chi connectivity index (χ1n) is 6.34. The molecule has 2 N–H and O–H groups in total. The fourth-order valence-corrected chi connectivity index (χ4v) is 2.32. The molecule has 1 aromatic rings. The van der Waals surface area contributed by atoms with Gasteiger partial charge in [0.25, 0.3) is 5.69 Å². The fraction of sp³-hybridized carbons (Fsp3) is 0.538. The van der Waals surface area contributed by atoms with Crippen molar-refractivity contribution in [2.24, 2.45) is 5.73 Å². The number of ether oxygens (including phenoxy) is 1. The predicted octanol–water partition coefficient (Wildman–Crippen LogP) is 2.77. The van der Waals surface area contributed by atoms with Crippen molar-refractivity contribution in [2.45, 2.75) is 44.8 Å². The Morgan fingerprint density at radius 3 is 2.67 bits per heavy atom. The molecule has 0 aliphatic heterocycles. The molecule has 0 bridgehead atoms. The average Bonchev–Trinajstić information content (AvgIpc) is 2.40. The molecule has 0 atom stereocenters. The molecule has 0 spiro atoms. The first-order chi connectivity index (χ1) is 8.70. The highest BCUT2D eigenvalue weighted by Gasteiger charge is 2.17. The molecule has 1 aliphatic carbocycles. The van der Waals surface area contributed by atoms with Gasteiger partial charge in [0.1, 0.15) is 5.75 Å². The van der Waals surface area contributed by atoms with E-state index in [0.29, 0.717) is 11.3 Å². The summed E-state index contributed by atoms with van der Waals surface area (Å²) in [6.07, 6.45) is 5.99. The Morgan fingerprint density at radius 2 is 2.06 bits per heavy atom. The molecule has 1 aliphatic rings. The second kappa shape index (κ2) is 5.82. The number of rotatable bonds is 4. The zero-order chi connectivity index (χ0) is 13.0. The Bertz CT molecular complexity index is 428. The van der Waals surface area contributed by atoms with E-state index in [2.05, 4.69) is 0 Å². The molecule has 1 saturated carbocycles. The Balaban J connectivity index is 2.13. The SMILES string of the molecule is NCc1cc([N+](=O)[O-])ccc1OC1CCCCC1. The number of benzene rings is 1. The summed E-state index contributed by atoms with van der Waals surface area (Å²) in [6, 6.07) is 4.63. The number of hydrogen-bond donors (Lipinski definition) is 1. The first-order valence-corrected chi connectivity index (χ1v) is 6.34. The summed E-state index contributed by atoms with van der Waals surface area (Å²) in [5.74, 6) is 0.690. The van der Waals surface area contributed by atoms with Crippen LogP contribution in [0.3, 0.4) is 0 Å². The van der Waals surface area contributed by atoms with Crippen LogP contribution >= 0.6 is 0 Å². The van der Waals surface area contributed by atoms with E-state index in [4.69, 9.17) is 10.5 Å². The van der Waals surface area contributed by atoms with Crippen LogP contribution in [-0.2, 0) is 6.54 Å². The Labute approximate surface area is 106 Å². The van der Waals surface area contributed by atoms with Crippen molar-refractivity contribution in [2.75, 3.05) is 0 Å². The van der Waals surface area contributed by atoms with Crippen molar-refractivity contribution >= 4 is 5.69 Å². The zero-order valence-corrected chi connectivity index (χ0v) is 10.3. The predicted molar refractivity (Wildman–Crippen MR) is 68.5 cm³/mol. The van der Waals surface area contributed by atoms with E-state index in [1.54, 1.807) is 6.07 Å². The summed E-state index contributed by atoms with van der Waals surface area (Å²) in [5, 5.41) is 10.7. The number of non-ortho nitro benzene ring substituents is 1. The van der Waals surface area contributed by atoms with Gasteiger partial charge in [-0.2, -0.15) is 0 Å². The molecule has 0 amide bonds. The molecule has 2 rings (SSSR count). The van der Waals surface area contributed by atoms with Crippen molar-refractivity contribution in [1.82, 2.24) is 0 Å². The monoisotopic (exact) mass is 250 g/mol. The van der Waals surface area contributed by atoms with Crippen molar-refractivity contribution < 1.29 is 9.66 Å². The van der Waals surface area contributed by atoms with Gasteiger partial charge in [-0.05, 0) is 31.7 Å². The molecule has 0 unspecified atom stereocenters. The van der Waals surface area contributed by atoms with Crippen LogP contribution in [0.1, 0.15) is 37.7 Å². The van der Waals surface area contributed by atoms with E-state index in [0.717, 1.165) is 12.8 Å². The molecule has 5 heteroatoms. The van der Waals surface area contributed by atoms with Crippen molar-refractivity contribution in [3.05, 3.63) is 33.9 Å². The van der Waals surface area contributed by atoms with Gasteiger partial charge >= 0.3 is 0 Å². The van der Waals surface area contributed by atoms with E-state index in [1.807, 2.05) is 0 Å². The maximum Gasteiger partial charge on any atom is 0.270 e. The van der Waals surface area contributed by atoms with E-state index < -0.39 is 4.92 Å². The molecule has 0 radical (unpaired) electrons. The minimum absolute atomic E-state index is 0.0615. The summed E-state index contributed by atoms with van der Waals surface area (Å²) in [5.41, 5.74) is 6.39. The number of nitro groups is 1. The molecule has 1 fully saturated rings. The summed E-state index contributed by atoms with van der Waals surface area (Å²) >= 11 is 0. The van der Waals surface area contributed by atoms with E-state index in [1.165, 1.54) is 31.4 Å². The number of nitrogens with zero attached hydrogens (tertiary/aromatic N) is 1. The highest BCUT2D eigenvalue weighted by molar-refractivity contribution is 5.43. The Hall–Kier alpha value is -1.62. The van der Waals surface area contributed by atoms with Crippen molar-refractivity contribution in [3.8, 4) is 5.75 Å². The van der Waals surface area contributed by atoms with Crippen LogP contribution < -0.4 is 10.5 Å². The molecule has 98 valence electrons. The maximum atomic E-state index is 10.7. The smallest absolute Gasteiger partial charge is 0.270 e. The quantitative estimate of drug-likeness (QED) is 0.658. The number of nitro benzene ring substituents is 1. The third kappa shape index (κ3) is 2.98. The highest BCUT2D eigenvalue weighted by atomic mass is 16.6. The maximum absolute atomic E-state index is 10.7. The van der Waals surface area contributed by atoms with Gasteiger partial charge < -0.3 is 10.5 Å². The molecule has 0 aromatic heterocycles. The summed E-state index contributed by atoms with van der Waals surface area (Å²) in [6.45, 7) is 0.254. The molecular weight excluding hydrogens is 232 g/mol.